The second kappa shape index (κ2) is 8.03. The van der Waals surface area contributed by atoms with E-state index in [1.54, 1.807) is 0 Å². The maximum atomic E-state index is 12.9. The van der Waals surface area contributed by atoms with E-state index < -0.39 is 0 Å². The number of likely N-dealkylation sites (tertiary alicyclic amines) is 2. The topological polar surface area (TPSA) is 80.3 Å². The third kappa shape index (κ3) is 3.83. The lowest BCUT2D eigenvalue weighted by Crippen LogP contribution is -2.40. The van der Waals surface area contributed by atoms with Gasteiger partial charge in [-0.25, -0.2) is 0 Å². The Labute approximate surface area is 165 Å². The minimum atomic E-state index is 0.138. The van der Waals surface area contributed by atoms with Crippen LogP contribution in [0, 0.1) is 13.8 Å². The maximum absolute atomic E-state index is 12.9. The summed E-state index contributed by atoms with van der Waals surface area (Å²) in [4.78, 5) is 17.3. The molecule has 2 fully saturated rings. The molecule has 0 aromatic carbocycles. The number of amides is 1. The molecular weight excluding hydrogens is 356 g/mol. The number of rotatable bonds is 5. The molecule has 2 aromatic heterocycles. The highest BCUT2D eigenvalue weighted by Crippen LogP contribution is 2.27. The van der Waals surface area contributed by atoms with Crippen molar-refractivity contribution in [3.8, 4) is 0 Å². The number of hydrogen-bond donors (Lipinski definition) is 0. The van der Waals surface area contributed by atoms with E-state index in [0.29, 0.717) is 13.0 Å². The third-order valence-electron chi connectivity index (χ3n) is 6.21. The highest BCUT2D eigenvalue weighted by molar-refractivity contribution is 5.79. The Hall–Kier alpha value is -2.22. The number of piperidine rings is 1. The molecule has 4 heterocycles. The molecule has 152 valence electrons. The van der Waals surface area contributed by atoms with Crippen LogP contribution in [0.3, 0.4) is 0 Å². The highest BCUT2D eigenvalue weighted by atomic mass is 16.5. The second-order valence-electron chi connectivity index (χ2n) is 8.18. The van der Waals surface area contributed by atoms with E-state index in [2.05, 4.69) is 31.9 Å². The summed E-state index contributed by atoms with van der Waals surface area (Å²) in [6, 6.07) is 0. The van der Waals surface area contributed by atoms with Crippen LogP contribution in [0.4, 0.5) is 0 Å². The smallest absolute Gasteiger partial charge is 0.227 e. The van der Waals surface area contributed by atoms with Crippen LogP contribution in [0.5, 0.6) is 0 Å². The fourth-order valence-corrected chi connectivity index (χ4v) is 4.44. The first-order chi connectivity index (χ1) is 13.5. The van der Waals surface area contributed by atoms with E-state index in [4.69, 9.17) is 4.52 Å². The number of aryl methyl sites for hydroxylation is 2. The van der Waals surface area contributed by atoms with Gasteiger partial charge in [-0.15, -0.1) is 10.2 Å². The van der Waals surface area contributed by atoms with Gasteiger partial charge >= 0.3 is 0 Å². The predicted molar refractivity (Wildman–Crippen MR) is 104 cm³/mol. The molecule has 0 radical (unpaired) electrons. The summed E-state index contributed by atoms with van der Waals surface area (Å²) in [6.45, 7) is 8.42. The van der Waals surface area contributed by atoms with Crippen LogP contribution in [0.1, 0.15) is 60.3 Å². The molecule has 8 heteroatoms. The van der Waals surface area contributed by atoms with Crippen molar-refractivity contribution in [2.45, 2.75) is 58.4 Å². The molecule has 28 heavy (non-hydrogen) atoms. The van der Waals surface area contributed by atoms with E-state index >= 15 is 0 Å². The van der Waals surface area contributed by atoms with Gasteiger partial charge in [0.15, 0.2) is 0 Å². The molecule has 0 unspecified atom stereocenters. The van der Waals surface area contributed by atoms with Gasteiger partial charge in [-0.1, -0.05) is 5.16 Å². The summed E-state index contributed by atoms with van der Waals surface area (Å²) in [6.07, 6.45) is 4.94. The molecule has 0 N–H and O–H groups in total. The van der Waals surface area contributed by atoms with E-state index in [9.17, 15) is 4.79 Å². The van der Waals surface area contributed by atoms with Crippen LogP contribution in [-0.2, 0) is 24.8 Å². The zero-order chi connectivity index (χ0) is 19.7. The van der Waals surface area contributed by atoms with Crippen molar-refractivity contribution < 1.29 is 9.32 Å². The average molecular weight is 387 g/mol. The van der Waals surface area contributed by atoms with Crippen LogP contribution in [-0.4, -0.2) is 61.8 Å². The van der Waals surface area contributed by atoms with Gasteiger partial charge in [-0.05, 0) is 52.6 Å². The molecule has 2 saturated heterocycles. The van der Waals surface area contributed by atoms with Crippen LogP contribution in [0.2, 0.25) is 0 Å². The van der Waals surface area contributed by atoms with Crippen LogP contribution < -0.4 is 0 Å². The molecule has 0 saturated carbocycles. The highest BCUT2D eigenvalue weighted by Gasteiger charge is 2.29. The van der Waals surface area contributed by atoms with E-state index in [0.717, 1.165) is 67.7 Å². The molecular formula is C20H30N6O2. The zero-order valence-corrected chi connectivity index (χ0v) is 17.1. The van der Waals surface area contributed by atoms with Crippen molar-refractivity contribution >= 4 is 5.91 Å². The Morgan fingerprint density at radius 3 is 2.64 bits per heavy atom. The van der Waals surface area contributed by atoms with Gasteiger partial charge in [0.05, 0.1) is 18.7 Å². The molecule has 0 aliphatic carbocycles. The van der Waals surface area contributed by atoms with E-state index in [1.165, 1.54) is 12.8 Å². The number of carbonyl (C=O) groups excluding carboxylic acids is 1. The minimum absolute atomic E-state index is 0.138. The summed E-state index contributed by atoms with van der Waals surface area (Å²) in [5, 5.41) is 12.9. The normalized spacial score (nSPS) is 20.8. The molecule has 2 aliphatic rings. The lowest BCUT2D eigenvalue weighted by Gasteiger charge is -2.32. The summed E-state index contributed by atoms with van der Waals surface area (Å²) >= 11 is 0. The van der Waals surface area contributed by atoms with Crippen molar-refractivity contribution in [1.82, 2.24) is 29.7 Å². The maximum Gasteiger partial charge on any atom is 0.227 e. The van der Waals surface area contributed by atoms with Crippen LogP contribution >= 0.6 is 0 Å². The van der Waals surface area contributed by atoms with E-state index in [1.807, 2.05) is 18.7 Å². The average Bonchev–Trinajstić information content (AvgIpc) is 3.41. The van der Waals surface area contributed by atoms with Crippen LogP contribution in [0.25, 0.3) is 0 Å². The molecule has 1 amide bonds. The molecule has 1 atom stereocenters. The Morgan fingerprint density at radius 2 is 1.93 bits per heavy atom. The van der Waals surface area contributed by atoms with Crippen molar-refractivity contribution in [3.05, 3.63) is 28.7 Å². The van der Waals surface area contributed by atoms with Gasteiger partial charge < -0.3 is 14.0 Å². The fraction of sp³-hybridized carbons (Fsp3) is 0.700. The van der Waals surface area contributed by atoms with Crippen molar-refractivity contribution in [1.29, 1.82) is 0 Å². The molecule has 0 spiro atoms. The van der Waals surface area contributed by atoms with Crippen molar-refractivity contribution in [2.75, 3.05) is 26.2 Å². The molecule has 0 bridgehead atoms. The van der Waals surface area contributed by atoms with Gasteiger partial charge in [0.2, 0.25) is 5.91 Å². The molecule has 4 rings (SSSR count). The summed E-state index contributed by atoms with van der Waals surface area (Å²) in [7, 11) is 2.06. The van der Waals surface area contributed by atoms with Gasteiger partial charge in [0.25, 0.3) is 0 Å². The Morgan fingerprint density at radius 1 is 1.14 bits per heavy atom. The van der Waals surface area contributed by atoms with E-state index in [-0.39, 0.29) is 11.8 Å². The van der Waals surface area contributed by atoms with Gasteiger partial charge in [-0.3, -0.25) is 9.69 Å². The Balaban J connectivity index is 1.42. The van der Waals surface area contributed by atoms with Gasteiger partial charge in [0, 0.05) is 31.6 Å². The summed E-state index contributed by atoms with van der Waals surface area (Å²) in [5.41, 5.74) is 1.72. The van der Waals surface area contributed by atoms with Crippen molar-refractivity contribution in [2.24, 2.45) is 7.05 Å². The first-order valence-corrected chi connectivity index (χ1v) is 10.3. The van der Waals surface area contributed by atoms with Crippen molar-refractivity contribution in [3.63, 3.8) is 0 Å². The predicted octanol–water partition coefficient (Wildman–Crippen LogP) is 1.96. The summed E-state index contributed by atoms with van der Waals surface area (Å²) < 4.78 is 7.34. The standard InChI is InChI=1S/C20H30N6O2/c1-14-17(15(2)28-23-14)11-19(27)26-10-6-7-16(12-26)20-22-21-18(24(20)3)13-25-8-4-5-9-25/h16H,4-13H2,1-3H3/t16-/m0/s1. The third-order valence-corrected chi connectivity index (χ3v) is 6.21. The number of hydrogen-bond acceptors (Lipinski definition) is 6. The Kier molecular flexibility index (Phi) is 5.48. The molecule has 2 aliphatic heterocycles. The van der Waals surface area contributed by atoms with Crippen LogP contribution in [0.15, 0.2) is 4.52 Å². The first-order valence-electron chi connectivity index (χ1n) is 10.3. The van der Waals surface area contributed by atoms with Gasteiger partial charge in [-0.2, -0.15) is 0 Å². The monoisotopic (exact) mass is 386 g/mol. The summed E-state index contributed by atoms with van der Waals surface area (Å²) in [5.74, 6) is 3.14. The molecule has 8 nitrogen and oxygen atoms in total. The quantitative estimate of drug-likeness (QED) is 0.782. The Bertz CT molecular complexity index is 816. The number of nitrogens with zero attached hydrogens (tertiary/aromatic N) is 6. The minimum Gasteiger partial charge on any atom is -0.361 e. The molecule has 2 aromatic rings. The zero-order valence-electron chi connectivity index (χ0n) is 17.1. The lowest BCUT2D eigenvalue weighted by atomic mass is 9.96. The second-order valence-corrected chi connectivity index (χ2v) is 8.18. The number of carbonyl (C=O) groups is 1. The first kappa shape index (κ1) is 19.1. The number of aromatic nitrogens is 4. The van der Waals surface area contributed by atoms with Gasteiger partial charge in [0.1, 0.15) is 17.4 Å². The SMILES string of the molecule is Cc1noc(C)c1CC(=O)N1CCC[C@H](c2nnc(CN3CCCC3)n2C)C1. The largest absolute Gasteiger partial charge is 0.361 e. The lowest BCUT2D eigenvalue weighted by molar-refractivity contribution is -0.131. The fourth-order valence-electron chi connectivity index (χ4n) is 4.44.